The molecular formula is C21H22N4O3S. The van der Waals surface area contributed by atoms with Crippen LogP contribution in [0.25, 0.3) is 0 Å². The molecule has 7 nitrogen and oxygen atoms in total. The highest BCUT2D eigenvalue weighted by atomic mass is 32.2. The first-order valence-corrected chi connectivity index (χ1v) is 10.9. The highest BCUT2D eigenvalue weighted by molar-refractivity contribution is 7.94. The summed E-state index contributed by atoms with van der Waals surface area (Å²) in [6, 6.07) is 18.4. The fourth-order valence-corrected chi connectivity index (χ4v) is 5.52. The van der Waals surface area contributed by atoms with Gasteiger partial charge in [0, 0.05) is 20.1 Å². The molecule has 1 N–H and O–H groups in total. The summed E-state index contributed by atoms with van der Waals surface area (Å²) >= 11 is 0. The van der Waals surface area contributed by atoms with Crippen molar-refractivity contribution in [3.05, 3.63) is 77.5 Å². The SMILES string of the molecule is CCN1c2nc(NCc3ccccc3)n(C)c2C(=O)C(c2ccccc2)S1(=O)=O. The van der Waals surface area contributed by atoms with Crippen LogP contribution in [0.2, 0.25) is 0 Å². The summed E-state index contributed by atoms with van der Waals surface area (Å²) in [5, 5.41) is 1.94. The number of hydrogen-bond donors (Lipinski definition) is 1. The van der Waals surface area contributed by atoms with Crippen LogP contribution in [-0.2, 0) is 23.6 Å². The third kappa shape index (κ3) is 3.19. The molecule has 150 valence electrons. The maximum absolute atomic E-state index is 13.3. The summed E-state index contributed by atoms with van der Waals surface area (Å²) in [5.74, 6) is 0.177. The third-order valence-corrected chi connectivity index (χ3v) is 7.20. The highest BCUT2D eigenvalue weighted by Gasteiger charge is 2.48. The molecule has 29 heavy (non-hydrogen) atoms. The number of hydrogen-bond acceptors (Lipinski definition) is 5. The number of fused-ring (bicyclic) bond motifs is 1. The van der Waals surface area contributed by atoms with E-state index < -0.39 is 21.1 Å². The molecule has 2 heterocycles. The Bertz CT molecular complexity index is 1140. The number of imidazole rings is 1. The Morgan fingerprint density at radius 1 is 1.03 bits per heavy atom. The van der Waals surface area contributed by atoms with Gasteiger partial charge in [0.2, 0.25) is 11.7 Å². The summed E-state index contributed by atoms with van der Waals surface area (Å²) in [5.41, 5.74) is 1.81. The minimum Gasteiger partial charge on any atom is -0.352 e. The highest BCUT2D eigenvalue weighted by Crippen LogP contribution is 2.40. The molecule has 0 fully saturated rings. The van der Waals surface area contributed by atoms with Crippen LogP contribution in [0.1, 0.15) is 33.8 Å². The smallest absolute Gasteiger partial charge is 0.251 e. The number of nitrogens with one attached hydrogen (secondary N) is 1. The number of Topliss-reactive ketones (excluding diaryl/α,β-unsaturated/α-hetero) is 1. The van der Waals surface area contributed by atoms with E-state index >= 15 is 0 Å². The molecule has 3 aromatic rings. The minimum absolute atomic E-state index is 0.183. The molecule has 0 saturated heterocycles. The largest absolute Gasteiger partial charge is 0.352 e. The van der Waals surface area contributed by atoms with Crippen LogP contribution in [-0.4, -0.2) is 30.3 Å². The molecule has 1 atom stereocenters. The molecule has 0 aliphatic carbocycles. The van der Waals surface area contributed by atoms with E-state index in [4.69, 9.17) is 0 Å². The van der Waals surface area contributed by atoms with Gasteiger partial charge in [-0.3, -0.25) is 9.10 Å². The zero-order valence-electron chi connectivity index (χ0n) is 16.2. The van der Waals surface area contributed by atoms with Crippen LogP contribution in [0.5, 0.6) is 0 Å². The lowest BCUT2D eigenvalue weighted by Gasteiger charge is -2.31. The molecule has 2 aromatic carbocycles. The van der Waals surface area contributed by atoms with Crippen molar-refractivity contribution in [3.8, 4) is 0 Å². The van der Waals surface area contributed by atoms with Gasteiger partial charge in [0.05, 0.1) is 0 Å². The van der Waals surface area contributed by atoms with Gasteiger partial charge in [-0.05, 0) is 18.1 Å². The average molecular weight is 410 g/mol. The van der Waals surface area contributed by atoms with Crippen LogP contribution >= 0.6 is 0 Å². The second-order valence-electron chi connectivity index (χ2n) is 6.87. The van der Waals surface area contributed by atoms with E-state index in [2.05, 4.69) is 10.3 Å². The van der Waals surface area contributed by atoms with Crippen molar-refractivity contribution in [2.24, 2.45) is 7.05 Å². The molecule has 8 heteroatoms. The standard InChI is InChI=1S/C21H22N4O3S/c1-3-25-20-17(18(26)19(29(25,27)28)16-12-8-5-9-13-16)24(2)21(23-20)22-14-15-10-6-4-7-11-15/h4-13,19H,3,14H2,1-2H3,(H,22,23). The van der Waals surface area contributed by atoms with Gasteiger partial charge < -0.3 is 9.88 Å². The van der Waals surface area contributed by atoms with Crippen LogP contribution in [0.4, 0.5) is 11.8 Å². The molecule has 0 spiro atoms. The minimum atomic E-state index is -3.92. The lowest BCUT2D eigenvalue weighted by atomic mass is 10.1. The molecule has 0 radical (unpaired) electrons. The van der Waals surface area contributed by atoms with Gasteiger partial charge in [-0.25, -0.2) is 8.42 Å². The Balaban J connectivity index is 1.77. The van der Waals surface area contributed by atoms with Crippen molar-refractivity contribution in [2.45, 2.75) is 18.7 Å². The fourth-order valence-electron chi connectivity index (χ4n) is 3.66. The molecular weight excluding hydrogens is 388 g/mol. The predicted octanol–water partition coefficient (Wildman–Crippen LogP) is 3.13. The number of sulfonamides is 1. The third-order valence-electron chi connectivity index (χ3n) is 5.07. The van der Waals surface area contributed by atoms with Crippen molar-refractivity contribution in [1.29, 1.82) is 0 Å². The Labute approximate surface area is 170 Å². The Morgan fingerprint density at radius 3 is 2.28 bits per heavy atom. The lowest BCUT2D eigenvalue weighted by molar-refractivity contribution is 0.0977. The second kappa shape index (κ2) is 7.36. The first kappa shape index (κ1) is 19.2. The lowest BCUT2D eigenvalue weighted by Crippen LogP contribution is -2.43. The second-order valence-corrected chi connectivity index (χ2v) is 8.81. The van der Waals surface area contributed by atoms with Gasteiger partial charge in [0.1, 0.15) is 5.69 Å². The number of rotatable bonds is 5. The molecule has 0 saturated carbocycles. The first-order valence-electron chi connectivity index (χ1n) is 9.40. The monoisotopic (exact) mass is 410 g/mol. The predicted molar refractivity (Wildman–Crippen MR) is 112 cm³/mol. The van der Waals surface area contributed by atoms with E-state index in [-0.39, 0.29) is 12.4 Å². The Morgan fingerprint density at radius 2 is 1.66 bits per heavy atom. The molecule has 0 amide bonds. The maximum atomic E-state index is 13.3. The quantitative estimate of drug-likeness (QED) is 0.699. The normalized spacial score (nSPS) is 17.8. The van der Waals surface area contributed by atoms with Crippen LogP contribution in [0.15, 0.2) is 60.7 Å². The molecule has 1 aliphatic heterocycles. The molecule has 0 bridgehead atoms. The summed E-state index contributed by atoms with van der Waals surface area (Å²) in [6.45, 7) is 2.45. The van der Waals surface area contributed by atoms with Gasteiger partial charge in [-0.1, -0.05) is 60.7 Å². The van der Waals surface area contributed by atoms with E-state index in [9.17, 15) is 13.2 Å². The number of anilines is 2. The van der Waals surface area contributed by atoms with E-state index in [1.165, 1.54) is 4.31 Å². The number of carbonyl (C=O) groups is 1. The fraction of sp³-hybridized carbons (Fsp3) is 0.238. The zero-order valence-corrected chi connectivity index (χ0v) is 17.1. The first-order chi connectivity index (χ1) is 13.9. The number of nitrogens with zero attached hydrogens (tertiary/aromatic N) is 3. The van der Waals surface area contributed by atoms with Crippen LogP contribution in [0, 0.1) is 0 Å². The van der Waals surface area contributed by atoms with Crippen molar-refractivity contribution >= 4 is 27.6 Å². The number of benzene rings is 2. The van der Waals surface area contributed by atoms with E-state index in [1.807, 2.05) is 30.3 Å². The maximum Gasteiger partial charge on any atom is 0.251 e. The topological polar surface area (TPSA) is 84.3 Å². The van der Waals surface area contributed by atoms with Crippen molar-refractivity contribution in [3.63, 3.8) is 0 Å². The molecule has 1 aliphatic rings. The van der Waals surface area contributed by atoms with Gasteiger partial charge in [-0.2, -0.15) is 4.98 Å². The van der Waals surface area contributed by atoms with Gasteiger partial charge >= 0.3 is 0 Å². The van der Waals surface area contributed by atoms with Crippen LogP contribution < -0.4 is 9.62 Å². The van der Waals surface area contributed by atoms with Crippen molar-refractivity contribution < 1.29 is 13.2 Å². The summed E-state index contributed by atoms with van der Waals surface area (Å²) < 4.78 is 29.4. The van der Waals surface area contributed by atoms with Gasteiger partial charge in [-0.15, -0.1) is 0 Å². The number of carbonyl (C=O) groups excluding carboxylic acids is 1. The van der Waals surface area contributed by atoms with Crippen molar-refractivity contribution in [2.75, 3.05) is 16.2 Å². The van der Waals surface area contributed by atoms with Gasteiger partial charge in [0.15, 0.2) is 11.1 Å². The summed E-state index contributed by atoms with van der Waals surface area (Å²) in [4.78, 5) is 17.8. The zero-order chi connectivity index (χ0) is 20.6. The van der Waals surface area contributed by atoms with E-state index in [1.54, 1.807) is 48.9 Å². The Hall–Kier alpha value is -3.13. The van der Waals surface area contributed by atoms with Crippen LogP contribution in [0.3, 0.4) is 0 Å². The molecule has 4 rings (SSSR count). The number of ketones is 1. The number of aromatic nitrogens is 2. The van der Waals surface area contributed by atoms with Gasteiger partial charge in [0.25, 0.3) is 10.0 Å². The summed E-state index contributed by atoms with van der Waals surface area (Å²) in [7, 11) is -2.19. The Kier molecular flexibility index (Phi) is 4.87. The molecule has 1 unspecified atom stereocenters. The van der Waals surface area contributed by atoms with E-state index in [0.717, 1.165) is 5.56 Å². The average Bonchev–Trinajstić information content (AvgIpc) is 3.04. The van der Waals surface area contributed by atoms with Crippen molar-refractivity contribution in [1.82, 2.24) is 9.55 Å². The summed E-state index contributed by atoms with van der Waals surface area (Å²) in [6.07, 6.45) is 0. The van der Waals surface area contributed by atoms with E-state index in [0.29, 0.717) is 23.8 Å². The molecule has 1 aromatic heterocycles.